The number of aromatic amines is 1. The molecule has 0 bridgehead atoms. The zero-order chi connectivity index (χ0) is 14.5. The van der Waals surface area contributed by atoms with Crippen molar-refractivity contribution in [2.75, 3.05) is 0 Å². The number of azo groups is 1. The van der Waals surface area contributed by atoms with Crippen molar-refractivity contribution in [3.05, 3.63) is 24.3 Å². The Morgan fingerprint density at radius 3 is 2.90 bits per heavy atom. The zero-order valence-electron chi connectivity index (χ0n) is 11.2. The average Bonchev–Trinajstić information content (AvgIpc) is 2.78. The van der Waals surface area contributed by atoms with E-state index < -0.39 is 0 Å². The number of nitrogens with zero attached hydrogens (tertiary/aromatic N) is 3. The van der Waals surface area contributed by atoms with Crippen molar-refractivity contribution in [1.82, 2.24) is 10.4 Å². The summed E-state index contributed by atoms with van der Waals surface area (Å²) in [6, 6.07) is 7.42. The van der Waals surface area contributed by atoms with Crippen LogP contribution in [-0.4, -0.2) is 20.9 Å². The fourth-order valence-corrected chi connectivity index (χ4v) is 1.64. The van der Waals surface area contributed by atoms with Crippen LogP contribution >= 0.6 is 12.2 Å². The molecule has 7 heteroatoms. The molecule has 0 saturated heterocycles. The first kappa shape index (κ1) is 14.1. The Morgan fingerprint density at radius 1 is 1.40 bits per heavy atom. The topological polar surface area (TPSA) is 85.1 Å². The molecule has 104 valence electrons. The molecule has 0 amide bonds. The number of aromatic nitrogens is 1. The van der Waals surface area contributed by atoms with E-state index in [1.165, 1.54) is 0 Å². The van der Waals surface area contributed by atoms with Crippen molar-refractivity contribution in [3.63, 3.8) is 0 Å². The van der Waals surface area contributed by atoms with Crippen molar-refractivity contribution in [2.24, 2.45) is 15.3 Å². The molecule has 2 rings (SSSR count). The Labute approximate surface area is 121 Å². The van der Waals surface area contributed by atoms with Crippen LogP contribution in [0.25, 0.3) is 10.9 Å². The van der Waals surface area contributed by atoms with Crippen molar-refractivity contribution < 1.29 is 5.11 Å². The highest BCUT2D eigenvalue weighted by Gasteiger charge is 2.09. The van der Waals surface area contributed by atoms with Gasteiger partial charge in [-0.1, -0.05) is 25.1 Å². The number of hydrogen-bond donors (Lipinski definition) is 3. The predicted molar refractivity (Wildman–Crippen MR) is 83.6 cm³/mol. The van der Waals surface area contributed by atoms with E-state index in [0.717, 1.165) is 23.0 Å². The first-order valence-electron chi connectivity index (χ1n) is 6.16. The highest BCUT2D eigenvalue weighted by molar-refractivity contribution is 7.80. The van der Waals surface area contributed by atoms with Crippen LogP contribution in [0.4, 0.5) is 5.69 Å². The van der Waals surface area contributed by atoms with Gasteiger partial charge in [0, 0.05) is 11.1 Å². The smallest absolute Gasteiger partial charge is 0.234 e. The molecule has 1 aromatic carbocycles. The summed E-state index contributed by atoms with van der Waals surface area (Å²) < 4.78 is 0. The summed E-state index contributed by atoms with van der Waals surface area (Å²) in [5.74, 6) is -0.0361. The standard InChI is InChI=1S/C13H15N5OS/c1-3-8(2)15-17-13(20)18-16-11-9-6-4-5-7-10(9)14-12(11)19/h4-7,14,19H,3H2,1-2H3,(H,17,20)/b15-8+,18-16?. The van der Waals surface area contributed by atoms with E-state index in [0.29, 0.717) is 5.69 Å². The minimum absolute atomic E-state index is 0.0361. The number of nitrogens with one attached hydrogen (secondary N) is 2. The highest BCUT2D eigenvalue weighted by Crippen LogP contribution is 2.35. The van der Waals surface area contributed by atoms with Crippen LogP contribution in [0.2, 0.25) is 0 Å². The van der Waals surface area contributed by atoms with Crippen LogP contribution in [0, 0.1) is 0 Å². The molecular weight excluding hydrogens is 274 g/mol. The van der Waals surface area contributed by atoms with Gasteiger partial charge in [-0.25, -0.2) is 0 Å². The van der Waals surface area contributed by atoms with Crippen molar-refractivity contribution >= 4 is 39.6 Å². The maximum atomic E-state index is 9.80. The van der Waals surface area contributed by atoms with Gasteiger partial charge >= 0.3 is 0 Å². The van der Waals surface area contributed by atoms with Gasteiger partial charge in [-0.05, 0) is 31.6 Å². The molecule has 0 radical (unpaired) electrons. The molecule has 0 spiro atoms. The Bertz CT molecular complexity index is 689. The van der Waals surface area contributed by atoms with Crippen molar-refractivity contribution in [2.45, 2.75) is 20.3 Å². The maximum absolute atomic E-state index is 9.80. The second-order valence-electron chi connectivity index (χ2n) is 4.19. The molecular formula is C13H15N5OS. The Hall–Kier alpha value is -2.28. The van der Waals surface area contributed by atoms with Crippen LogP contribution < -0.4 is 5.43 Å². The maximum Gasteiger partial charge on any atom is 0.234 e. The van der Waals surface area contributed by atoms with Crippen LogP contribution in [0.3, 0.4) is 0 Å². The molecule has 0 fully saturated rings. The van der Waals surface area contributed by atoms with Crippen molar-refractivity contribution in [3.8, 4) is 5.88 Å². The van der Waals surface area contributed by atoms with E-state index in [-0.39, 0.29) is 11.0 Å². The second kappa shape index (κ2) is 6.25. The minimum atomic E-state index is -0.0361. The fourth-order valence-electron chi connectivity index (χ4n) is 1.55. The van der Waals surface area contributed by atoms with E-state index in [1.807, 2.05) is 38.1 Å². The Morgan fingerprint density at radius 2 is 2.15 bits per heavy atom. The number of rotatable bonds is 3. The number of H-pyrrole nitrogens is 1. The largest absolute Gasteiger partial charge is 0.493 e. The second-order valence-corrected chi connectivity index (χ2v) is 4.57. The summed E-state index contributed by atoms with van der Waals surface area (Å²) >= 11 is 4.99. The van der Waals surface area contributed by atoms with Gasteiger partial charge in [0.05, 0.1) is 5.52 Å². The zero-order valence-corrected chi connectivity index (χ0v) is 12.0. The van der Waals surface area contributed by atoms with Gasteiger partial charge < -0.3 is 10.1 Å². The van der Waals surface area contributed by atoms with Gasteiger partial charge in [0.1, 0.15) is 0 Å². The lowest BCUT2D eigenvalue weighted by Gasteiger charge is -1.97. The first-order chi connectivity index (χ1) is 9.61. The molecule has 0 unspecified atom stereocenters. The summed E-state index contributed by atoms with van der Waals surface area (Å²) in [5, 5.41) is 22.6. The van der Waals surface area contributed by atoms with E-state index in [1.54, 1.807) is 0 Å². The SMILES string of the molecule is CC/C(C)=N/NC(=S)N=Nc1c(O)[nH]c2ccccc12. The highest BCUT2D eigenvalue weighted by atomic mass is 32.1. The summed E-state index contributed by atoms with van der Waals surface area (Å²) in [6.07, 6.45) is 0.829. The van der Waals surface area contributed by atoms with Gasteiger partial charge in [0.15, 0.2) is 5.69 Å². The lowest BCUT2D eigenvalue weighted by atomic mass is 10.2. The molecule has 2 aromatic rings. The molecule has 3 N–H and O–H groups in total. The number of para-hydroxylation sites is 1. The summed E-state index contributed by atoms with van der Waals surface area (Å²) in [7, 11) is 0. The Kier molecular flexibility index (Phi) is 4.41. The normalized spacial score (nSPS) is 12.2. The van der Waals surface area contributed by atoms with Gasteiger partial charge in [-0.15, -0.1) is 10.2 Å². The predicted octanol–water partition coefficient (Wildman–Crippen LogP) is 3.62. The third-order valence-electron chi connectivity index (χ3n) is 2.75. The molecule has 6 nitrogen and oxygen atoms in total. The molecule has 0 aliphatic rings. The minimum Gasteiger partial charge on any atom is -0.493 e. The van der Waals surface area contributed by atoms with Gasteiger partial charge in [-0.3, -0.25) is 5.43 Å². The molecule has 20 heavy (non-hydrogen) atoms. The number of benzene rings is 1. The van der Waals surface area contributed by atoms with Gasteiger partial charge in [0.25, 0.3) is 0 Å². The van der Waals surface area contributed by atoms with Crippen LogP contribution in [0.5, 0.6) is 5.88 Å². The van der Waals surface area contributed by atoms with E-state index in [2.05, 4.69) is 25.7 Å². The van der Waals surface area contributed by atoms with Crippen molar-refractivity contribution in [1.29, 1.82) is 0 Å². The molecule has 0 saturated carbocycles. The Balaban J connectivity index is 2.17. The van der Waals surface area contributed by atoms with Crippen LogP contribution in [-0.2, 0) is 0 Å². The third kappa shape index (κ3) is 3.18. The molecule has 0 atom stereocenters. The number of thiocarbonyl (C=S) groups is 1. The lowest BCUT2D eigenvalue weighted by Crippen LogP contribution is -2.13. The summed E-state index contributed by atoms with van der Waals surface area (Å²) in [4.78, 5) is 2.82. The number of hydrazone groups is 1. The number of aromatic hydroxyl groups is 1. The molecule has 0 aliphatic carbocycles. The van der Waals surface area contributed by atoms with Crippen LogP contribution in [0.15, 0.2) is 39.6 Å². The quantitative estimate of drug-likeness (QED) is 0.349. The number of hydrogen-bond acceptors (Lipinski definition) is 4. The van der Waals surface area contributed by atoms with Crippen LogP contribution in [0.1, 0.15) is 20.3 Å². The monoisotopic (exact) mass is 289 g/mol. The van der Waals surface area contributed by atoms with E-state index in [4.69, 9.17) is 12.2 Å². The lowest BCUT2D eigenvalue weighted by molar-refractivity contribution is 0.459. The number of fused-ring (bicyclic) bond motifs is 1. The first-order valence-corrected chi connectivity index (χ1v) is 6.57. The molecule has 0 aliphatic heterocycles. The van der Waals surface area contributed by atoms with E-state index in [9.17, 15) is 5.11 Å². The van der Waals surface area contributed by atoms with E-state index >= 15 is 0 Å². The third-order valence-corrected chi connectivity index (χ3v) is 2.93. The molecule has 1 heterocycles. The average molecular weight is 289 g/mol. The van der Waals surface area contributed by atoms with Gasteiger partial charge in [-0.2, -0.15) is 5.10 Å². The molecule has 1 aromatic heterocycles. The fraction of sp³-hybridized carbons (Fsp3) is 0.231. The summed E-state index contributed by atoms with van der Waals surface area (Å²) in [6.45, 7) is 3.88. The van der Waals surface area contributed by atoms with Gasteiger partial charge in [0.2, 0.25) is 11.0 Å². The summed E-state index contributed by atoms with van der Waals surface area (Å²) in [5.41, 5.74) is 4.70.